The fourth-order valence-corrected chi connectivity index (χ4v) is 1.60. The van der Waals surface area contributed by atoms with E-state index < -0.39 is 18.0 Å². The average molecular weight is 241 g/mol. The summed E-state index contributed by atoms with van der Waals surface area (Å²) >= 11 is 3.92. The Bertz CT molecular complexity index is 405. The largest absolute Gasteiger partial charge is 0.390 e. The zero-order valence-electron chi connectivity index (χ0n) is 8.47. The molecule has 2 N–H and O–H groups in total. The third-order valence-electron chi connectivity index (χ3n) is 2.24. The summed E-state index contributed by atoms with van der Waals surface area (Å²) in [5.74, 6) is -0.291. The van der Waals surface area contributed by atoms with Gasteiger partial charge in [-0.15, -0.1) is 0 Å². The highest BCUT2D eigenvalue weighted by molar-refractivity contribution is 7.80. The Morgan fingerprint density at radius 1 is 1.44 bits per heavy atom. The van der Waals surface area contributed by atoms with Gasteiger partial charge in [0.05, 0.1) is 17.7 Å². The Balaban J connectivity index is 2.92. The topological polar surface area (TPSA) is 64.2 Å². The lowest BCUT2D eigenvalue weighted by molar-refractivity contribution is 0.0151. The molecular formula is C11H12FNO2S. The summed E-state index contributed by atoms with van der Waals surface area (Å²) in [5.41, 5.74) is 0.172. The van der Waals surface area contributed by atoms with Crippen LogP contribution in [0.2, 0.25) is 0 Å². The van der Waals surface area contributed by atoms with Crippen LogP contribution in [0.3, 0.4) is 0 Å². The Morgan fingerprint density at radius 2 is 2.12 bits per heavy atom. The summed E-state index contributed by atoms with van der Waals surface area (Å²) < 4.78 is 13.4. The molecule has 0 radical (unpaired) electrons. The Morgan fingerprint density at radius 3 is 2.62 bits per heavy atom. The number of thiol groups is 1. The van der Waals surface area contributed by atoms with Gasteiger partial charge >= 0.3 is 0 Å². The van der Waals surface area contributed by atoms with E-state index in [1.807, 2.05) is 0 Å². The molecule has 3 nitrogen and oxygen atoms in total. The number of hydrogen-bond donors (Lipinski definition) is 3. The van der Waals surface area contributed by atoms with Crippen LogP contribution in [-0.2, 0) is 0 Å². The van der Waals surface area contributed by atoms with Gasteiger partial charge < -0.3 is 10.2 Å². The first-order valence-electron chi connectivity index (χ1n) is 4.76. The van der Waals surface area contributed by atoms with Gasteiger partial charge in [0, 0.05) is 5.56 Å². The van der Waals surface area contributed by atoms with Crippen LogP contribution in [0.1, 0.15) is 23.7 Å². The summed E-state index contributed by atoms with van der Waals surface area (Å²) in [7, 11) is 0. The number of halogens is 1. The molecule has 86 valence electrons. The van der Waals surface area contributed by atoms with Gasteiger partial charge in [-0.25, -0.2) is 4.39 Å². The molecule has 0 saturated carbocycles. The lowest BCUT2D eigenvalue weighted by Gasteiger charge is -2.17. The number of rotatable bonds is 4. The van der Waals surface area contributed by atoms with Crippen molar-refractivity contribution in [1.29, 1.82) is 5.26 Å². The van der Waals surface area contributed by atoms with Crippen molar-refractivity contribution in [3.8, 4) is 6.07 Å². The van der Waals surface area contributed by atoms with E-state index in [9.17, 15) is 14.6 Å². The molecule has 5 heteroatoms. The highest BCUT2D eigenvalue weighted by Crippen LogP contribution is 2.22. The molecule has 0 aliphatic rings. The molecule has 0 fully saturated rings. The second kappa shape index (κ2) is 5.85. The zero-order valence-corrected chi connectivity index (χ0v) is 9.36. The SMILES string of the molecule is N#Cc1ccc(C(O)C(O)CCS)c(F)c1. The first kappa shape index (κ1) is 13.0. The van der Waals surface area contributed by atoms with Gasteiger partial charge in [0.15, 0.2) is 0 Å². The third-order valence-corrected chi connectivity index (χ3v) is 2.50. The molecule has 0 heterocycles. The van der Waals surface area contributed by atoms with Crippen molar-refractivity contribution < 1.29 is 14.6 Å². The normalized spacial score (nSPS) is 14.2. The van der Waals surface area contributed by atoms with Crippen molar-refractivity contribution in [2.45, 2.75) is 18.6 Å². The summed E-state index contributed by atoms with van der Waals surface area (Å²) in [4.78, 5) is 0. The van der Waals surface area contributed by atoms with E-state index in [0.29, 0.717) is 5.75 Å². The van der Waals surface area contributed by atoms with Gasteiger partial charge in [-0.3, -0.25) is 0 Å². The van der Waals surface area contributed by atoms with Gasteiger partial charge in [0.1, 0.15) is 11.9 Å². The van der Waals surface area contributed by atoms with Gasteiger partial charge in [-0.1, -0.05) is 6.07 Å². The number of hydrogen-bond acceptors (Lipinski definition) is 4. The van der Waals surface area contributed by atoms with Crippen molar-refractivity contribution in [2.24, 2.45) is 0 Å². The molecule has 16 heavy (non-hydrogen) atoms. The monoisotopic (exact) mass is 241 g/mol. The van der Waals surface area contributed by atoms with E-state index in [-0.39, 0.29) is 17.5 Å². The van der Waals surface area contributed by atoms with Crippen molar-refractivity contribution >= 4 is 12.6 Å². The van der Waals surface area contributed by atoms with Crippen molar-refractivity contribution in [1.82, 2.24) is 0 Å². The number of aliphatic hydroxyl groups excluding tert-OH is 2. The summed E-state index contributed by atoms with van der Waals surface area (Å²) in [6, 6.07) is 5.53. The smallest absolute Gasteiger partial charge is 0.130 e. The number of aliphatic hydroxyl groups is 2. The van der Waals surface area contributed by atoms with Crippen molar-refractivity contribution in [3.63, 3.8) is 0 Å². The van der Waals surface area contributed by atoms with Crippen LogP contribution in [-0.4, -0.2) is 22.1 Å². The van der Waals surface area contributed by atoms with E-state index in [2.05, 4.69) is 12.6 Å². The number of nitrogens with zero attached hydrogens (tertiary/aromatic N) is 1. The van der Waals surface area contributed by atoms with Crippen molar-refractivity contribution in [3.05, 3.63) is 35.1 Å². The molecule has 0 amide bonds. The lowest BCUT2D eigenvalue weighted by atomic mass is 10.0. The van der Waals surface area contributed by atoms with E-state index in [0.717, 1.165) is 6.07 Å². The van der Waals surface area contributed by atoms with Crippen LogP contribution in [0.5, 0.6) is 0 Å². The minimum atomic E-state index is -1.29. The summed E-state index contributed by atoms with van der Waals surface area (Å²) in [6.07, 6.45) is -2.08. The van der Waals surface area contributed by atoms with E-state index in [1.54, 1.807) is 6.07 Å². The second-order valence-corrected chi connectivity index (χ2v) is 3.82. The summed E-state index contributed by atoms with van der Waals surface area (Å²) in [6.45, 7) is 0. The Hall–Kier alpha value is -1.09. The molecule has 1 aromatic carbocycles. The maximum Gasteiger partial charge on any atom is 0.130 e. The highest BCUT2D eigenvalue weighted by Gasteiger charge is 2.20. The molecule has 2 atom stereocenters. The minimum Gasteiger partial charge on any atom is -0.390 e. The van der Waals surface area contributed by atoms with Gasteiger partial charge in [-0.05, 0) is 24.3 Å². The quantitative estimate of drug-likeness (QED) is 0.698. The molecule has 0 aliphatic carbocycles. The van der Waals surface area contributed by atoms with Gasteiger partial charge in [-0.2, -0.15) is 17.9 Å². The van der Waals surface area contributed by atoms with E-state index >= 15 is 0 Å². The number of benzene rings is 1. The molecule has 0 saturated heterocycles. The average Bonchev–Trinajstić information content (AvgIpc) is 2.28. The van der Waals surface area contributed by atoms with Crippen LogP contribution in [0.4, 0.5) is 4.39 Å². The second-order valence-electron chi connectivity index (χ2n) is 3.37. The van der Waals surface area contributed by atoms with E-state index in [1.165, 1.54) is 12.1 Å². The maximum atomic E-state index is 13.4. The third kappa shape index (κ3) is 2.95. The molecule has 0 aliphatic heterocycles. The molecule has 0 aromatic heterocycles. The molecule has 1 aromatic rings. The number of nitriles is 1. The Labute approximate surface area is 98.6 Å². The fraction of sp³-hybridized carbons (Fsp3) is 0.364. The highest BCUT2D eigenvalue weighted by atomic mass is 32.1. The van der Waals surface area contributed by atoms with Crippen LogP contribution < -0.4 is 0 Å². The molecule has 0 spiro atoms. The van der Waals surface area contributed by atoms with Crippen LogP contribution in [0.25, 0.3) is 0 Å². The first-order chi connectivity index (χ1) is 7.60. The van der Waals surface area contributed by atoms with Gasteiger partial charge in [0.2, 0.25) is 0 Å². The summed E-state index contributed by atoms with van der Waals surface area (Å²) in [5, 5.41) is 27.7. The lowest BCUT2D eigenvalue weighted by Crippen LogP contribution is -2.19. The van der Waals surface area contributed by atoms with Crippen molar-refractivity contribution in [2.75, 3.05) is 5.75 Å². The van der Waals surface area contributed by atoms with Crippen LogP contribution in [0, 0.1) is 17.1 Å². The molecule has 0 bridgehead atoms. The van der Waals surface area contributed by atoms with Crippen LogP contribution in [0.15, 0.2) is 18.2 Å². The standard InChI is InChI=1S/C11H12FNO2S/c12-9-5-7(6-13)1-2-8(9)11(15)10(14)3-4-16/h1-2,5,10-11,14-16H,3-4H2. The first-order valence-corrected chi connectivity index (χ1v) is 5.40. The maximum absolute atomic E-state index is 13.4. The fourth-order valence-electron chi connectivity index (χ4n) is 1.33. The molecule has 2 unspecified atom stereocenters. The molecule has 1 rings (SSSR count). The minimum absolute atomic E-state index is 0.00622. The molecular weight excluding hydrogens is 229 g/mol. The van der Waals surface area contributed by atoms with E-state index in [4.69, 9.17) is 5.26 Å². The predicted octanol–water partition coefficient (Wildman–Crippen LogP) is 1.41. The van der Waals surface area contributed by atoms with Gasteiger partial charge in [0.25, 0.3) is 0 Å². The van der Waals surface area contributed by atoms with Crippen LogP contribution >= 0.6 is 12.6 Å². The Kier molecular flexibility index (Phi) is 4.74. The predicted molar refractivity (Wildman–Crippen MR) is 60.6 cm³/mol. The zero-order chi connectivity index (χ0) is 12.1.